The van der Waals surface area contributed by atoms with Crippen molar-refractivity contribution in [2.45, 2.75) is 38.1 Å². The van der Waals surface area contributed by atoms with Crippen molar-refractivity contribution in [2.75, 3.05) is 13.1 Å². The second kappa shape index (κ2) is 6.89. The van der Waals surface area contributed by atoms with Crippen LogP contribution < -0.4 is 5.43 Å². The Morgan fingerprint density at radius 2 is 2.07 bits per heavy atom. The van der Waals surface area contributed by atoms with Crippen LogP contribution in [0.2, 0.25) is 0 Å². The highest BCUT2D eigenvalue weighted by Crippen LogP contribution is 2.38. The molecule has 144 valence electrons. The molecule has 2 aromatic heterocycles. The molecule has 7 nitrogen and oxygen atoms in total. The topological polar surface area (TPSA) is 81.2 Å². The number of carbonyl (C=O) groups is 1. The van der Waals surface area contributed by atoms with Gasteiger partial charge in [0.15, 0.2) is 11.2 Å². The summed E-state index contributed by atoms with van der Waals surface area (Å²) in [4.78, 5) is 27.1. The van der Waals surface area contributed by atoms with Crippen LogP contribution in [0.5, 0.6) is 0 Å². The van der Waals surface area contributed by atoms with Crippen molar-refractivity contribution in [1.82, 2.24) is 19.9 Å². The van der Waals surface area contributed by atoms with Gasteiger partial charge in [0.05, 0.1) is 11.1 Å². The highest BCUT2D eigenvalue weighted by molar-refractivity contribution is 5.93. The first kappa shape index (κ1) is 17.2. The number of fused-ring (bicyclic) bond motifs is 1. The zero-order valence-electron chi connectivity index (χ0n) is 15.6. The monoisotopic (exact) mass is 378 g/mol. The van der Waals surface area contributed by atoms with Gasteiger partial charge in [0.1, 0.15) is 5.58 Å². The number of aromatic nitrogens is 3. The van der Waals surface area contributed by atoms with Crippen LogP contribution in [0, 0.1) is 5.92 Å². The number of hydrogen-bond donors (Lipinski definition) is 0. The molecule has 1 aromatic carbocycles. The molecule has 1 aliphatic carbocycles. The predicted molar refractivity (Wildman–Crippen MR) is 103 cm³/mol. The lowest BCUT2D eigenvalue weighted by atomic mass is 9.98. The summed E-state index contributed by atoms with van der Waals surface area (Å²) >= 11 is 0. The number of benzene rings is 1. The predicted octanol–water partition coefficient (Wildman–Crippen LogP) is 2.81. The number of nitrogens with zero attached hydrogens (tertiary/aromatic N) is 4. The van der Waals surface area contributed by atoms with E-state index >= 15 is 0 Å². The average molecular weight is 378 g/mol. The van der Waals surface area contributed by atoms with E-state index in [-0.39, 0.29) is 17.1 Å². The minimum atomic E-state index is -0.218. The zero-order chi connectivity index (χ0) is 19.1. The third kappa shape index (κ3) is 3.32. The van der Waals surface area contributed by atoms with Crippen LogP contribution in [0.1, 0.15) is 47.8 Å². The summed E-state index contributed by atoms with van der Waals surface area (Å²) in [5, 5.41) is 9.01. The molecule has 28 heavy (non-hydrogen) atoms. The number of amides is 1. The fourth-order valence-electron chi connectivity index (χ4n) is 4.00. The molecule has 2 aliphatic rings. The quantitative estimate of drug-likeness (QED) is 0.697. The van der Waals surface area contributed by atoms with E-state index in [9.17, 15) is 9.59 Å². The van der Waals surface area contributed by atoms with Crippen LogP contribution in [0.4, 0.5) is 0 Å². The molecule has 1 unspecified atom stereocenters. The maximum absolute atomic E-state index is 13.0. The Kier molecular flexibility index (Phi) is 4.22. The maximum Gasteiger partial charge on any atom is 0.289 e. The first-order chi connectivity index (χ1) is 13.7. The van der Waals surface area contributed by atoms with Gasteiger partial charge in [-0.1, -0.05) is 17.3 Å². The largest absolute Gasteiger partial charge is 0.451 e. The lowest BCUT2D eigenvalue weighted by Crippen LogP contribution is -2.41. The van der Waals surface area contributed by atoms with E-state index in [1.807, 2.05) is 10.9 Å². The van der Waals surface area contributed by atoms with E-state index < -0.39 is 0 Å². The van der Waals surface area contributed by atoms with Crippen molar-refractivity contribution in [2.24, 2.45) is 5.92 Å². The van der Waals surface area contributed by atoms with Gasteiger partial charge in [-0.3, -0.25) is 14.3 Å². The van der Waals surface area contributed by atoms with Crippen LogP contribution in [0.3, 0.4) is 0 Å². The normalized spacial score (nSPS) is 19.9. The summed E-state index contributed by atoms with van der Waals surface area (Å²) in [5.41, 5.74) is 1.35. The summed E-state index contributed by atoms with van der Waals surface area (Å²) in [6.07, 6.45) is 6.44. The van der Waals surface area contributed by atoms with Crippen molar-refractivity contribution in [3.63, 3.8) is 0 Å². The number of para-hydroxylation sites is 1. The molecule has 0 N–H and O–H groups in total. The van der Waals surface area contributed by atoms with E-state index in [0.717, 1.165) is 25.1 Å². The highest BCUT2D eigenvalue weighted by Gasteiger charge is 2.29. The van der Waals surface area contributed by atoms with Gasteiger partial charge in [0.2, 0.25) is 0 Å². The van der Waals surface area contributed by atoms with Crippen LogP contribution in [-0.4, -0.2) is 38.9 Å². The summed E-state index contributed by atoms with van der Waals surface area (Å²) < 4.78 is 7.63. The number of carbonyl (C=O) groups excluding carboxylic acids is 1. The number of likely N-dealkylation sites (tertiary alicyclic amines) is 1. The summed E-state index contributed by atoms with van der Waals surface area (Å²) in [6, 6.07) is 8.32. The number of piperidine rings is 1. The molecule has 0 spiro atoms. The highest BCUT2D eigenvalue weighted by atomic mass is 16.3. The molecule has 7 heteroatoms. The molecule has 2 fully saturated rings. The van der Waals surface area contributed by atoms with Crippen molar-refractivity contribution >= 4 is 16.9 Å². The fourth-order valence-corrected chi connectivity index (χ4v) is 4.00. The molecule has 1 atom stereocenters. The van der Waals surface area contributed by atoms with E-state index in [1.54, 1.807) is 29.2 Å². The molecule has 0 radical (unpaired) electrons. The Bertz CT molecular complexity index is 1080. The molecule has 3 heterocycles. The Balaban J connectivity index is 1.31. The summed E-state index contributed by atoms with van der Waals surface area (Å²) in [7, 11) is 0. The molecular weight excluding hydrogens is 356 g/mol. The van der Waals surface area contributed by atoms with Crippen LogP contribution in [0.25, 0.3) is 11.0 Å². The Morgan fingerprint density at radius 1 is 1.21 bits per heavy atom. The third-order valence-corrected chi connectivity index (χ3v) is 5.65. The molecule has 3 aromatic rings. The van der Waals surface area contributed by atoms with Gasteiger partial charge < -0.3 is 9.32 Å². The second-order valence-corrected chi connectivity index (χ2v) is 7.87. The summed E-state index contributed by atoms with van der Waals surface area (Å²) in [5.74, 6) is 0.804. The van der Waals surface area contributed by atoms with E-state index in [0.29, 0.717) is 35.9 Å². The van der Waals surface area contributed by atoms with E-state index in [2.05, 4.69) is 10.3 Å². The minimum Gasteiger partial charge on any atom is -0.451 e. The van der Waals surface area contributed by atoms with Crippen molar-refractivity contribution in [3.05, 3.63) is 58.2 Å². The average Bonchev–Trinajstić information content (AvgIpc) is 3.47. The summed E-state index contributed by atoms with van der Waals surface area (Å²) in [6.45, 7) is 2.07. The van der Waals surface area contributed by atoms with Gasteiger partial charge in [-0.2, -0.15) is 0 Å². The van der Waals surface area contributed by atoms with Crippen molar-refractivity contribution < 1.29 is 9.21 Å². The van der Waals surface area contributed by atoms with Crippen molar-refractivity contribution in [1.29, 1.82) is 0 Å². The number of rotatable bonds is 4. The molecule has 1 saturated carbocycles. The molecule has 0 bridgehead atoms. The standard InChI is InChI=1S/C21H22N4O3/c26-18-10-20(28-19-6-2-1-5-16(18)19)21(27)24-9-3-4-14(11-24)12-25-13-17(22-23-25)15-7-8-15/h1-2,5-6,10,13-15H,3-4,7-9,11-12H2. The van der Waals surface area contributed by atoms with Gasteiger partial charge >= 0.3 is 0 Å². The molecule has 1 saturated heterocycles. The zero-order valence-corrected chi connectivity index (χ0v) is 15.6. The van der Waals surface area contributed by atoms with Gasteiger partial charge in [0.25, 0.3) is 5.91 Å². The minimum absolute atomic E-state index is 0.112. The first-order valence-corrected chi connectivity index (χ1v) is 9.89. The Labute approximate surface area is 161 Å². The second-order valence-electron chi connectivity index (χ2n) is 7.87. The molecular formula is C21H22N4O3. The van der Waals surface area contributed by atoms with E-state index in [4.69, 9.17) is 4.42 Å². The van der Waals surface area contributed by atoms with Gasteiger partial charge in [-0.25, -0.2) is 0 Å². The Morgan fingerprint density at radius 3 is 2.93 bits per heavy atom. The van der Waals surface area contributed by atoms with Crippen molar-refractivity contribution in [3.8, 4) is 0 Å². The molecule has 1 amide bonds. The van der Waals surface area contributed by atoms with E-state index in [1.165, 1.54) is 18.9 Å². The third-order valence-electron chi connectivity index (χ3n) is 5.65. The van der Waals surface area contributed by atoms with Gasteiger partial charge in [-0.15, -0.1) is 5.10 Å². The Hall–Kier alpha value is -2.96. The van der Waals surface area contributed by atoms with Gasteiger partial charge in [0, 0.05) is 37.8 Å². The smallest absolute Gasteiger partial charge is 0.289 e. The SMILES string of the molecule is O=C(c1cc(=O)c2ccccc2o1)N1CCCC(Cn2cc(C3CC3)nn2)C1. The number of hydrogen-bond acceptors (Lipinski definition) is 5. The molecule has 1 aliphatic heterocycles. The van der Waals surface area contributed by atoms with Crippen LogP contribution in [0.15, 0.2) is 45.7 Å². The first-order valence-electron chi connectivity index (χ1n) is 9.89. The molecule has 5 rings (SSSR count). The fraction of sp³-hybridized carbons (Fsp3) is 0.429. The van der Waals surface area contributed by atoms with Crippen LogP contribution >= 0.6 is 0 Å². The lowest BCUT2D eigenvalue weighted by Gasteiger charge is -2.32. The van der Waals surface area contributed by atoms with Crippen LogP contribution in [-0.2, 0) is 6.54 Å². The van der Waals surface area contributed by atoms with Gasteiger partial charge in [-0.05, 0) is 43.7 Å². The lowest BCUT2D eigenvalue weighted by molar-refractivity contribution is 0.0628. The maximum atomic E-state index is 13.0.